The highest BCUT2D eigenvalue weighted by Crippen LogP contribution is 2.32. The van der Waals surface area contributed by atoms with Crippen molar-refractivity contribution in [2.24, 2.45) is 0 Å². The lowest BCUT2D eigenvalue weighted by atomic mass is 9.95. The van der Waals surface area contributed by atoms with E-state index in [1.807, 2.05) is 34.6 Å². The van der Waals surface area contributed by atoms with Crippen LogP contribution >= 0.6 is 0 Å². The molecular weight excluding hydrogens is 318 g/mol. The molecule has 1 amide bonds. The van der Waals surface area contributed by atoms with Gasteiger partial charge in [0.25, 0.3) is 0 Å². The Balaban J connectivity index is 2.40. The zero-order valence-electron chi connectivity index (χ0n) is 14.3. The summed E-state index contributed by atoms with van der Waals surface area (Å²) >= 11 is 0. The molecule has 0 aliphatic carbocycles. The van der Waals surface area contributed by atoms with E-state index in [1.165, 1.54) is 6.20 Å². The van der Waals surface area contributed by atoms with Crippen LogP contribution < -0.4 is 0 Å². The minimum absolute atomic E-state index is 0.0833. The number of nitrogens with zero attached hydrogens (tertiary/aromatic N) is 3. The summed E-state index contributed by atoms with van der Waals surface area (Å²) in [6, 6.07) is -0.466. The fourth-order valence-corrected chi connectivity index (χ4v) is 3.19. The van der Waals surface area contributed by atoms with Gasteiger partial charge in [-0.25, -0.2) is 23.2 Å². The van der Waals surface area contributed by atoms with Gasteiger partial charge in [0.2, 0.25) is 15.0 Å². The average Bonchev–Trinajstić information content (AvgIpc) is 2.34. The molecule has 7 nitrogen and oxygen atoms in total. The number of amides is 1. The molecule has 2 heterocycles. The molecule has 1 aromatic heterocycles. The predicted octanol–water partition coefficient (Wildman–Crippen LogP) is 2.12. The smallest absolute Gasteiger partial charge is 0.411 e. The van der Waals surface area contributed by atoms with Gasteiger partial charge in [0.05, 0.1) is 11.7 Å². The quantitative estimate of drug-likeness (QED) is 0.727. The fourth-order valence-electron chi connectivity index (χ4n) is 2.68. The number of aromatic nitrogens is 2. The number of hydrogen-bond donors (Lipinski definition) is 0. The molecule has 8 heteroatoms. The zero-order valence-corrected chi connectivity index (χ0v) is 15.1. The second-order valence-corrected chi connectivity index (χ2v) is 8.86. The highest BCUT2D eigenvalue weighted by atomic mass is 32.2. The molecule has 0 unspecified atom stereocenters. The Bertz CT molecular complexity index is 725. The van der Waals surface area contributed by atoms with Crippen molar-refractivity contribution in [3.63, 3.8) is 0 Å². The molecule has 0 spiro atoms. The van der Waals surface area contributed by atoms with Crippen LogP contribution in [-0.4, -0.2) is 47.3 Å². The van der Waals surface area contributed by atoms with Crippen LogP contribution in [0.4, 0.5) is 4.79 Å². The largest absolute Gasteiger partial charge is 0.444 e. The highest BCUT2D eigenvalue weighted by Gasteiger charge is 2.37. The van der Waals surface area contributed by atoms with E-state index in [0.29, 0.717) is 12.1 Å². The summed E-state index contributed by atoms with van der Waals surface area (Å²) in [4.78, 5) is 22.2. The summed E-state index contributed by atoms with van der Waals surface area (Å²) < 4.78 is 28.8. The van der Waals surface area contributed by atoms with Crippen molar-refractivity contribution >= 4 is 15.9 Å². The van der Waals surface area contributed by atoms with E-state index < -0.39 is 21.5 Å². The van der Waals surface area contributed by atoms with E-state index in [2.05, 4.69) is 9.97 Å². The number of fused-ring (bicyclic) bond motifs is 1. The molecule has 2 rings (SSSR count). The molecule has 1 aliphatic heterocycles. The van der Waals surface area contributed by atoms with Crippen molar-refractivity contribution in [2.75, 3.05) is 6.26 Å². The van der Waals surface area contributed by atoms with Crippen LogP contribution in [0.25, 0.3) is 0 Å². The van der Waals surface area contributed by atoms with Gasteiger partial charge in [-0.3, -0.25) is 4.90 Å². The molecule has 0 saturated heterocycles. The number of carbonyl (C=O) groups is 1. The van der Waals surface area contributed by atoms with E-state index in [1.54, 1.807) is 4.90 Å². The molecule has 0 aromatic carbocycles. The maximum atomic E-state index is 12.5. The first-order chi connectivity index (χ1) is 10.4. The first-order valence-corrected chi connectivity index (χ1v) is 9.36. The SMILES string of the molecule is C[C@@H]1Cc2cnc(S(C)(=O)=O)nc2[C@@H](C)N1C(=O)OC(C)(C)C. The molecule has 0 fully saturated rings. The van der Waals surface area contributed by atoms with Crippen molar-refractivity contribution in [2.45, 2.75) is 63.9 Å². The van der Waals surface area contributed by atoms with Gasteiger partial charge in [-0.05, 0) is 46.6 Å². The maximum Gasteiger partial charge on any atom is 0.411 e. The first kappa shape index (κ1) is 17.7. The normalized spacial score (nSPS) is 21.7. The lowest BCUT2D eigenvalue weighted by Crippen LogP contribution is -2.47. The van der Waals surface area contributed by atoms with Gasteiger partial charge in [0.15, 0.2) is 0 Å². The number of sulfone groups is 1. The van der Waals surface area contributed by atoms with Crippen molar-refractivity contribution in [3.05, 3.63) is 17.5 Å². The van der Waals surface area contributed by atoms with Crippen LogP contribution in [0, 0.1) is 0 Å². The minimum atomic E-state index is -3.50. The molecule has 2 atom stereocenters. The standard InChI is InChI=1S/C15H23N3O4S/c1-9-7-11-8-16-13(23(6,20)21)17-12(11)10(2)18(9)14(19)22-15(3,4)5/h8-10H,7H2,1-6H3/t9-,10-/m1/s1. The third-order valence-electron chi connectivity index (χ3n) is 3.62. The molecule has 23 heavy (non-hydrogen) atoms. The Hall–Kier alpha value is -1.70. The summed E-state index contributed by atoms with van der Waals surface area (Å²) in [5, 5.41) is -0.221. The Labute approximate surface area is 137 Å². The van der Waals surface area contributed by atoms with E-state index in [0.717, 1.165) is 11.8 Å². The van der Waals surface area contributed by atoms with Gasteiger partial charge in [-0.1, -0.05) is 0 Å². The van der Waals surface area contributed by atoms with E-state index in [9.17, 15) is 13.2 Å². The van der Waals surface area contributed by atoms with Crippen molar-refractivity contribution in [1.29, 1.82) is 0 Å². The lowest BCUT2D eigenvalue weighted by molar-refractivity contribution is 0.00507. The maximum absolute atomic E-state index is 12.5. The molecule has 1 aliphatic rings. The Morgan fingerprint density at radius 3 is 2.48 bits per heavy atom. The van der Waals surface area contributed by atoms with E-state index in [-0.39, 0.29) is 17.2 Å². The van der Waals surface area contributed by atoms with Crippen LogP contribution in [0.15, 0.2) is 11.4 Å². The second-order valence-electron chi connectivity index (χ2n) is 6.95. The topological polar surface area (TPSA) is 89.5 Å². The van der Waals surface area contributed by atoms with Crippen molar-refractivity contribution in [1.82, 2.24) is 14.9 Å². The predicted molar refractivity (Wildman–Crippen MR) is 84.8 cm³/mol. The van der Waals surface area contributed by atoms with E-state index in [4.69, 9.17) is 4.74 Å². The second kappa shape index (κ2) is 5.74. The van der Waals surface area contributed by atoms with Gasteiger partial charge in [0, 0.05) is 18.5 Å². The zero-order chi connectivity index (χ0) is 17.6. The molecule has 0 bridgehead atoms. The van der Waals surface area contributed by atoms with Gasteiger partial charge >= 0.3 is 6.09 Å². The van der Waals surface area contributed by atoms with Crippen molar-refractivity contribution < 1.29 is 17.9 Å². The van der Waals surface area contributed by atoms with Crippen LogP contribution in [0.3, 0.4) is 0 Å². The molecule has 0 radical (unpaired) electrons. The molecular formula is C15H23N3O4S. The summed E-state index contributed by atoms with van der Waals surface area (Å²) in [5.74, 6) is 0. The van der Waals surface area contributed by atoms with Gasteiger partial charge < -0.3 is 4.74 Å². The molecule has 128 valence electrons. The third-order valence-corrected chi connectivity index (χ3v) is 4.48. The number of hydrogen-bond acceptors (Lipinski definition) is 6. The minimum Gasteiger partial charge on any atom is -0.444 e. The number of carbonyl (C=O) groups excluding carboxylic acids is 1. The Morgan fingerprint density at radius 2 is 1.96 bits per heavy atom. The average molecular weight is 341 g/mol. The molecule has 0 N–H and O–H groups in total. The summed E-state index contributed by atoms with van der Waals surface area (Å²) in [5.41, 5.74) is 0.821. The van der Waals surface area contributed by atoms with Gasteiger partial charge in [-0.2, -0.15) is 0 Å². The monoisotopic (exact) mass is 341 g/mol. The summed E-state index contributed by atoms with van der Waals surface area (Å²) in [6.45, 7) is 9.16. The number of ether oxygens (including phenoxy) is 1. The Morgan fingerprint density at radius 1 is 1.35 bits per heavy atom. The third kappa shape index (κ3) is 3.80. The molecule has 1 aromatic rings. The highest BCUT2D eigenvalue weighted by molar-refractivity contribution is 7.90. The summed E-state index contributed by atoms with van der Waals surface area (Å²) in [7, 11) is -3.50. The van der Waals surface area contributed by atoms with Gasteiger partial charge in [-0.15, -0.1) is 0 Å². The van der Waals surface area contributed by atoms with Crippen LogP contribution in [0.5, 0.6) is 0 Å². The lowest BCUT2D eigenvalue weighted by Gasteiger charge is -2.39. The first-order valence-electron chi connectivity index (χ1n) is 7.47. The summed E-state index contributed by atoms with van der Waals surface area (Å²) in [6.07, 6.45) is 2.74. The number of rotatable bonds is 1. The van der Waals surface area contributed by atoms with Crippen LogP contribution in [0.2, 0.25) is 0 Å². The van der Waals surface area contributed by atoms with Gasteiger partial charge in [0.1, 0.15) is 5.60 Å². The van der Waals surface area contributed by atoms with Crippen LogP contribution in [0.1, 0.15) is 51.9 Å². The van der Waals surface area contributed by atoms with Crippen molar-refractivity contribution in [3.8, 4) is 0 Å². The fraction of sp³-hybridized carbons (Fsp3) is 0.667. The van der Waals surface area contributed by atoms with Crippen LogP contribution in [-0.2, 0) is 21.0 Å². The molecule has 0 saturated carbocycles. The van der Waals surface area contributed by atoms with E-state index >= 15 is 0 Å². The Kier molecular flexibility index (Phi) is 4.40.